The van der Waals surface area contributed by atoms with Gasteiger partial charge in [-0.3, -0.25) is 0 Å². The highest BCUT2D eigenvalue weighted by Gasteiger charge is 2.23. The maximum absolute atomic E-state index is 11.8. The molecule has 0 bridgehead atoms. The molecule has 1 aromatic heterocycles. The van der Waals surface area contributed by atoms with Crippen molar-refractivity contribution in [2.45, 2.75) is 25.8 Å². The molecule has 7 nitrogen and oxygen atoms in total. The van der Waals surface area contributed by atoms with Crippen molar-refractivity contribution in [2.24, 2.45) is 0 Å². The van der Waals surface area contributed by atoms with E-state index < -0.39 is 5.97 Å². The molecule has 0 radical (unpaired) electrons. The van der Waals surface area contributed by atoms with Crippen LogP contribution >= 0.6 is 0 Å². The van der Waals surface area contributed by atoms with Gasteiger partial charge >= 0.3 is 5.97 Å². The second-order valence-corrected chi connectivity index (χ2v) is 4.44. The Hall–Kier alpha value is -1.47. The summed E-state index contributed by atoms with van der Waals surface area (Å²) in [7, 11) is 1.56. The van der Waals surface area contributed by atoms with Crippen LogP contribution in [0.25, 0.3) is 0 Å². The first-order valence-electron chi connectivity index (χ1n) is 6.39. The average Bonchev–Trinajstić information content (AvgIpc) is 2.82. The van der Waals surface area contributed by atoms with Crippen LogP contribution in [0.3, 0.4) is 0 Å². The maximum atomic E-state index is 11.8. The van der Waals surface area contributed by atoms with Gasteiger partial charge in [-0.2, -0.15) is 0 Å². The number of nitrogens with zero attached hydrogens (tertiary/aromatic N) is 3. The van der Waals surface area contributed by atoms with E-state index in [0.29, 0.717) is 6.61 Å². The molecule has 2 rings (SSSR count). The van der Waals surface area contributed by atoms with Gasteiger partial charge in [0.05, 0.1) is 18.3 Å². The molecule has 1 saturated heterocycles. The third-order valence-electron chi connectivity index (χ3n) is 3.18. The van der Waals surface area contributed by atoms with E-state index in [0.717, 1.165) is 31.7 Å². The van der Waals surface area contributed by atoms with Crippen molar-refractivity contribution in [1.82, 2.24) is 15.0 Å². The Balaban J connectivity index is 2.02. The molecule has 1 fully saturated rings. The lowest BCUT2D eigenvalue weighted by atomic mass is 10.1. The van der Waals surface area contributed by atoms with Crippen molar-refractivity contribution in [3.05, 3.63) is 11.4 Å². The van der Waals surface area contributed by atoms with Gasteiger partial charge in [-0.25, -0.2) is 9.48 Å². The fourth-order valence-corrected chi connectivity index (χ4v) is 2.09. The second kappa shape index (κ2) is 6.63. The van der Waals surface area contributed by atoms with E-state index in [1.807, 2.05) is 6.92 Å². The number of methoxy groups -OCH3 is 1. The van der Waals surface area contributed by atoms with Crippen molar-refractivity contribution in [3.8, 4) is 0 Å². The zero-order chi connectivity index (χ0) is 13.7. The minimum atomic E-state index is -0.451. The summed E-state index contributed by atoms with van der Waals surface area (Å²) in [5.74, 6) is -0.451. The Labute approximate surface area is 111 Å². The van der Waals surface area contributed by atoms with E-state index in [4.69, 9.17) is 14.2 Å². The first-order valence-corrected chi connectivity index (χ1v) is 6.39. The quantitative estimate of drug-likeness (QED) is 0.579. The summed E-state index contributed by atoms with van der Waals surface area (Å²) in [5.41, 5.74) is 1.02. The summed E-state index contributed by atoms with van der Waals surface area (Å²) < 4.78 is 17.0. The summed E-state index contributed by atoms with van der Waals surface area (Å²) in [4.78, 5) is 11.8. The van der Waals surface area contributed by atoms with Crippen LogP contribution in [-0.2, 0) is 14.2 Å². The van der Waals surface area contributed by atoms with Gasteiger partial charge in [-0.15, -0.1) is 5.10 Å². The summed E-state index contributed by atoms with van der Waals surface area (Å²) >= 11 is 0. The molecule has 0 saturated carbocycles. The zero-order valence-corrected chi connectivity index (χ0v) is 11.3. The van der Waals surface area contributed by atoms with Crippen LogP contribution < -0.4 is 0 Å². The molecule has 1 aliphatic heterocycles. The predicted molar refractivity (Wildman–Crippen MR) is 66.0 cm³/mol. The van der Waals surface area contributed by atoms with Crippen molar-refractivity contribution >= 4 is 5.97 Å². The molecule has 0 unspecified atom stereocenters. The number of hydrogen-bond acceptors (Lipinski definition) is 6. The number of rotatable bonds is 5. The Morgan fingerprint density at radius 3 is 2.84 bits per heavy atom. The SMILES string of the molecule is COCCOC(=O)c1nnn(C2CCOCC2)c1C. The van der Waals surface area contributed by atoms with Gasteiger partial charge in [0.1, 0.15) is 6.61 Å². The Morgan fingerprint density at radius 2 is 2.16 bits per heavy atom. The van der Waals surface area contributed by atoms with Gasteiger partial charge in [0.2, 0.25) is 0 Å². The molecule has 0 aromatic carbocycles. The highest BCUT2D eigenvalue weighted by atomic mass is 16.6. The normalized spacial score (nSPS) is 16.5. The molecule has 0 aliphatic carbocycles. The van der Waals surface area contributed by atoms with E-state index in [2.05, 4.69) is 10.3 Å². The average molecular weight is 269 g/mol. The van der Waals surface area contributed by atoms with Crippen LogP contribution in [0.5, 0.6) is 0 Å². The number of carbonyl (C=O) groups is 1. The molecule has 0 spiro atoms. The first-order chi connectivity index (χ1) is 9.24. The van der Waals surface area contributed by atoms with E-state index in [9.17, 15) is 4.79 Å². The lowest BCUT2D eigenvalue weighted by Crippen LogP contribution is -2.21. The molecule has 19 heavy (non-hydrogen) atoms. The molecule has 1 aliphatic rings. The topological polar surface area (TPSA) is 75.5 Å². The van der Waals surface area contributed by atoms with Gasteiger partial charge in [-0.05, 0) is 19.8 Å². The van der Waals surface area contributed by atoms with Crippen molar-refractivity contribution < 1.29 is 19.0 Å². The van der Waals surface area contributed by atoms with Crippen LogP contribution in [0.1, 0.15) is 35.1 Å². The fourth-order valence-electron chi connectivity index (χ4n) is 2.09. The van der Waals surface area contributed by atoms with E-state index >= 15 is 0 Å². The van der Waals surface area contributed by atoms with Gasteiger partial charge in [0.25, 0.3) is 0 Å². The first kappa shape index (κ1) is 14.0. The largest absolute Gasteiger partial charge is 0.458 e. The molecule has 0 N–H and O–H groups in total. The number of carbonyl (C=O) groups excluding carboxylic acids is 1. The molecular formula is C12H19N3O4. The zero-order valence-electron chi connectivity index (χ0n) is 11.3. The molecule has 106 valence electrons. The van der Waals surface area contributed by atoms with E-state index in [1.165, 1.54) is 0 Å². The lowest BCUT2D eigenvalue weighted by Gasteiger charge is -2.22. The molecule has 0 amide bonds. The molecule has 7 heteroatoms. The third kappa shape index (κ3) is 3.30. The van der Waals surface area contributed by atoms with E-state index in [-0.39, 0.29) is 18.3 Å². The second-order valence-electron chi connectivity index (χ2n) is 4.44. The molecule has 2 heterocycles. The summed E-state index contributed by atoms with van der Waals surface area (Å²) in [6.07, 6.45) is 1.78. The van der Waals surface area contributed by atoms with Crippen molar-refractivity contribution in [3.63, 3.8) is 0 Å². The van der Waals surface area contributed by atoms with Crippen LogP contribution in [0.15, 0.2) is 0 Å². The van der Waals surface area contributed by atoms with Crippen molar-refractivity contribution in [1.29, 1.82) is 0 Å². The minimum absolute atomic E-state index is 0.221. The Morgan fingerprint density at radius 1 is 1.42 bits per heavy atom. The summed E-state index contributed by atoms with van der Waals surface area (Å²) in [6.45, 7) is 3.87. The number of aromatic nitrogens is 3. The van der Waals surface area contributed by atoms with Gasteiger partial charge in [0.15, 0.2) is 5.69 Å². The van der Waals surface area contributed by atoms with Gasteiger partial charge in [0, 0.05) is 20.3 Å². The highest BCUT2D eigenvalue weighted by Crippen LogP contribution is 2.22. The highest BCUT2D eigenvalue weighted by molar-refractivity contribution is 5.88. The van der Waals surface area contributed by atoms with Crippen LogP contribution in [0.4, 0.5) is 0 Å². The Bertz CT molecular complexity index is 427. The number of ether oxygens (including phenoxy) is 3. The minimum Gasteiger partial charge on any atom is -0.458 e. The standard InChI is InChI=1S/C12H19N3O4/c1-9-11(12(16)19-8-7-17-2)13-14-15(9)10-3-5-18-6-4-10/h10H,3-8H2,1-2H3. The fraction of sp³-hybridized carbons (Fsp3) is 0.750. The third-order valence-corrected chi connectivity index (χ3v) is 3.18. The maximum Gasteiger partial charge on any atom is 0.360 e. The molecule has 1 aromatic rings. The smallest absolute Gasteiger partial charge is 0.360 e. The monoisotopic (exact) mass is 269 g/mol. The van der Waals surface area contributed by atoms with Crippen LogP contribution in [0.2, 0.25) is 0 Å². The van der Waals surface area contributed by atoms with E-state index in [1.54, 1.807) is 11.8 Å². The summed E-state index contributed by atoms with van der Waals surface area (Å²) in [6, 6.07) is 0.252. The molecule has 0 atom stereocenters. The van der Waals surface area contributed by atoms with Crippen LogP contribution in [0, 0.1) is 6.92 Å². The van der Waals surface area contributed by atoms with Gasteiger partial charge in [-0.1, -0.05) is 5.21 Å². The number of hydrogen-bond donors (Lipinski definition) is 0. The lowest BCUT2D eigenvalue weighted by molar-refractivity contribution is 0.0380. The molecular weight excluding hydrogens is 250 g/mol. The number of esters is 1. The predicted octanol–water partition coefficient (Wildman–Crippen LogP) is 0.741. The van der Waals surface area contributed by atoms with Gasteiger partial charge < -0.3 is 14.2 Å². The summed E-state index contributed by atoms with van der Waals surface area (Å²) in [5, 5.41) is 7.99. The Kier molecular flexibility index (Phi) is 4.86. The van der Waals surface area contributed by atoms with Crippen molar-refractivity contribution in [2.75, 3.05) is 33.5 Å². The van der Waals surface area contributed by atoms with Crippen LogP contribution in [-0.4, -0.2) is 54.5 Å².